The van der Waals surface area contributed by atoms with E-state index in [2.05, 4.69) is 15.5 Å². The lowest BCUT2D eigenvalue weighted by molar-refractivity contribution is -0.195. The van der Waals surface area contributed by atoms with Crippen molar-refractivity contribution < 1.29 is 32.5 Å². The van der Waals surface area contributed by atoms with E-state index < -0.39 is 18.0 Å². The lowest BCUT2D eigenvalue weighted by Crippen LogP contribution is -2.40. The van der Waals surface area contributed by atoms with Crippen LogP contribution in [0.4, 0.5) is 8.78 Å². The molecule has 0 aliphatic rings. The van der Waals surface area contributed by atoms with Crippen LogP contribution in [0.5, 0.6) is 5.75 Å². The van der Waals surface area contributed by atoms with Crippen molar-refractivity contribution in [1.82, 2.24) is 10.7 Å². The number of ether oxygens (including phenoxy) is 4. The Labute approximate surface area is 210 Å². The number of rotatable bonds is 15. The number of nitrogens with one attached hydrogen (secondary N) is 2. The van der Waals surface area contributed by atoms with Crippen LogP contribution in [0.2, 0.25) is 0 Å². The lowest BCUT2D eigenvalue weighted by atomic mass is 9.98. The molecule has 4 N–H and O–H groups in total. The van der Waals surface area contributed by atoms with Gasteiger partial charge in [0.15, 0.2) is 6.10 Å². The van der Waals surface area contributed by atoms with E-state index >= 15 is 8.78 Å². The second-order valence-electron chi connectivity index (χ2n) is 7.93. The lowest BCUT2D eigenvalue weighted by Gasteiger charge is -2.27. The number of nitrogens with two attached hydrogens (primary N) is 1. The highest BCUT2D eigenvalue weighted by atomic mass is 19.3. The van der Waals surface area contributed by atoms with Crippen LogP contribution in [0.3, 0.4) is 0 Å². The Morgan fingerprint density at radius 1 is 1.14 bits per heavy atom. The third-order valence-corrected chi connectivity index (χ3v) is 5.31. The average Bonchev–Trinajstić information content (AvgIpc) is 2.88. The molecular weight excluding hydrogens is 472 g/mol. The van der Waals surface area contributed by atoms with Gasteiger partial charge in [-0.25, -0.2) is 4.79 Å². The second kappa shape index (κ2) is 14.4. The summed E-state index contributed by atoms with van der Waals surface area (Å²) < 4.78 is 51.5. The van der Waals surface area contributed by atoms with E-state index in [9.17, 15) is 4.79 Å². The van der Waals surface area contributed by atoms with Crippen LogP contribution in [0.25, 0.3) is 0 Å². The predicted molar refractivity (Wildman–Crippen MR) is 132 cm³/mol. The number of benzene rings is 2. The molecule has 198 valence electrons. The first kappa shape index (κ1) is 29.0. The normalized spacial score (nSPS) is 12.7. The molecular formula is C26H35F2N3O5. The van der Waals surface area contributed by atoms with Crippen molar-refractivity contribution in [2.75, 3.05) is 26.9 Å². The van der Waals surface area contributed by atoms with Crippen LogP contribution in [0, 0.1) is 6.92 Å². The fraction of sp³-hybridized carbons (Fsp3) is 0.423. The van der Waals surface area contributed by atoms with Gasteiger partial charge < -0.3 is 29.7 Å². The monoisotopic (exact) mass is 507 g/mol. The minimum absolute atomic E-state index is 0.113. The van der Waals surface area contributed by atoms with Gasteiger partial charge in [-0.3, -0.25) is 5.84 Å². The summed E-state index contributed by atoms with van der Waals surface area (Å²) in [4.78, 5) is 12.1. The van der Waals surface area contributed by atoms with E-state index in [1.807, 2.05) is 38.1 Å². The number of halogens is 2. The second-order valence-corrected chi connectivity index (χ2v) is 7.93. The summed E-state index contributed by atoms with van der Waals surface area (Å²) in [7, 11) is 1.59. The molecule has 0 saturated carbocycles. The summed E-state index contributed by atoms with van der Waals surface area (Å²) in [6.45, 7) is 5.82. The van der Waals surface area contributed by atoms with Gasteiger partial charge in [-0.15, -0.1) is 0 Å². The van der Waals surface area contributed by atoms with Gasteiger partial charge in [0.05, 0.1) is 39.2 Å². The number of carbonyl (C=O) groups is 1. The van der Waals surface area contributed by atoms with Crippen molar-refractivity contribution >= 4 is 5.97 Å². The van der Waals surface area contributed by atoms with E-state index in [0.29, 0.717) is 24.4 Å². The molecule has 0 aliphatic carbocycles. The highest BCUT2D eigenvalue weighted by molar-refractivity contribution is 5.78. The first-order chi connectivity index (χ1) is 17.3. The fourth-order valence-corrected chi connectivity index (χ4v) is 3.28. The molecule has 1 atom stereocenters. The number of esters is 1. The Balaban J connectivity index is 2.25. The molecule has 0 bridgehead atoms. The molecule has 0 spiro atoms. The number of carbonyl (C=O) groups excluding carboxylic acids is 1. The minimum atomic E-state index is -3.94. The van der Waals surface area contributed by atoms with Gasteiger partial charge in [0.1, 0.15) is 5.75 Å². The Hall–Kier alpha value is -3.21. The highest BCUT2D eigenvalue weighted by Crippen LogP contribution is 2.37. The highest BCUT2D eigenvalue weighted by Gasteiger charge is 2.50. The molecule has 0 aromatic heterocycles. The van der Waals surface area contributed by atoms with E-state index in [-0.39, 0.29) is 25.4 Å². The summed E-state index contributed by atoms with van der Waals surface area (Å²) in [5.74, 6) is 0.616. The maximum atomic E-state index is 15.2. The van der Waals surface area contributed by atoms with Gasteiger partial charge in [-0.05, 0) is 55.2 Å². The van der Waals surface area contributed by atoms with Crippen molar-refractivity contribution in [3.8, 4) is 5.75 Å². The Bertz CT molecular complexity index is 1000. The van der Waals surface area contributed by atoms with Crippen LogP contribution < -0.4 is 21.3 Å². The quantitative estimate of drug-likeness (QED) is 0.190. The molecule has 2 aromatic carbocycles. The zero-order valence-electron chi connectivity index (χ0n) is 21.1. The summed E-state index contributed by atoms with van der Waals surface area (Å²) >= 11 is 0. The molecule has 0 amide bonds. The summed E-state index contributed by atoms with van der Waals surface area (Å²) in [5.41, 5.74) is 5.33. The standard InChI is InChI=1S/C26H35F2N3O5/c1-5-30-14-22(31-29)17-36-24(26(27,28)25(32)35-6-2)20-10-7-18(3)21(13-20)16-34-15-19-8-11-23(33-4)12-9-19/h7-14,24,30-31H,5-6,15-17,29H2,1-4H3/b22-14-. The van der Waals surface area contributed by atoms with E-state index in [1.54, 1.807) is 19.2 Å². The third kappa shape index (κ3) is 8.18. The van der Waals surface area contributed by atoms with Crippen molar-refractivity contribution in [2.24, 2.45) is 5.84 Å². The van der Waals surface area contributed by atoms with Crippen molar-refractivity contribution in [3.63, 3.8) is 0 Å². The topological polar surface area (TPSA) is 104 Å². The molecule has 0 fully saturated rings. The van der Waals surface area contributed by atoms with Gasteiger partial charge in [0.2, 0.25) is 0 Å². The van der Waals surface area contributed by atoms with Crippen LogP contribution in [-0.2, 0) is 32.2 Å². The average molecular weight is 508 g/mol. The summed E-state index contributed by atoms with van der Waals surface area (Å²) in [5, 5.41) is 2.92. The molecule has 10 heteroatoms. The van der Waals surface area contributed by atoms with Crippen LogP contribution in [-0.4, -0.2) is 38.8 Å². The molecule has 36 heavy (non-hydrogen) atoms. The molecule has 0 saturated heterocycles. The largest absolute Gasteiger partial charge is 0.497 e. The number of hydrogen-bond acceptors (Lipinski definition) is 8. The molecule has 1 unspecified atom stereocenters. The van der Waals surface area contributed by atoms with E-state index in [0.717, 1.165) is 16.9 Å². The summed E-state index contributed by atoms with van der Waals surface area (Å²) in [6.07, 6.45) is -0.386. The van der Waals surface area contributed by atoms with Crippen molar-refractivity contribution in [3.05, 3.63) is 76.6 Å². The van der Waals surface area contributed by atoms with E-state index in [4.69, 9.17) is 20.1 Å². The van der Waals surface area contributed by atoms with Gasteiger partial charge in [-0.1, -0.05) is 30.3 Å². The molecule has 8 nitrogen and oxygen atoms in total. The number of aryl methyl sites for hydroxylation is 1. The molecule has 0 heterocycles. The number of alkyl halides is 2. The van der Waals surface area contributed by atoms with Gasteiger partial charge in [-0.2, -0.15) is 8.78 Å². The minimum Gasteiger partial charge on any atom is -0.497 e. The number of hydrazine groups is 1. The fourth-order valence-electron chi connectivity index (χ4n) is 3.28. The SMILES string of the molecule is CCN/C=C(/COC(c1ccc(C)c(COCc2ccc(OC)cc2)c1)C(F)(F)C(=O)OCC)NN. The Morgan fingerprint density at radius 2 is 1.86 bits per heavy atom. The summed E-state index contributed by atoms with van der Waals surface area (Å²) in [6, 6.07) is 12.2. The predicted octanol–water partition coefficient (Wildman–Crippen LogP) is 3.89. The zero-order chi connectivity index (χ0) is 26.6. The zero-order valence-corrected chi connectivity index (χ0v) is 21.1. The third-order valence-electron chi connectivity index (χ3n) is 5.31. The molecule has 0 radical (unpaired) electrons. The maximum absolute atomic E-state index is 15.2. The molecule has 2 rings (SSSR count). The Kier molecular flexibility index (Phi) is 11.6. The smallest absolute Gasteiger partial charge is 0.380 e. The first-order valence-electron chi connectivity index (χ1n) is 11.6. The maximum Gasteiger partial charge on any atom is 0.380 e. The number of methoxy groups -OCH3 is 1. The van der Waals surface area contributed by atoms with E-state index in [1.165, 1.54) is 19.2 Å². The van der Waals surface area contributed by atoms with Gasteiger partial charge in [0.25, 0.3) is 0 Å². The van der Waals surface area contributed by atoms with Crippen molar-refractivity contribution in [1.29, 1.82) is 0 Å². The van der Waals surface area contributed by atoms with Crippen LogP contribution in [0.15, 0.2) is 54.4 Å². The van der Waals surface area contributed by atoms with Crippen LogP contribution >= 0.6 is 0 Å². The van der Waals surface area contributed by atoms with Gasteiger partial charge >= 0.3 is 11.9 Å². The molecule has 0 aliphatic heterocycles. The van der Waals surface area contributed by atoms with Crippen molar-refractivity contribution in [2.45, 2.75) is 46.0 Å². The van der Waals surface area contributed by atoms with Crippen LogP contribution in [0.1, 0.15) is 42.2 Å². The molecule has 2 aromatic rings. The Morgan fingerprint density at radius 3 is 2.47 bits per heavy atom. The number of hydrogen-bond donors (Lipinski definition) is 3. The first-order valence-corrected chi connectivity index (χ1v) is 11.6. The van der Waals surface area contributed by atoms with Gasteiger partial charge in [0, 0.05) is 12.7 Å².